The van der Waals surface area contributed by atoms with E-state index in [2.05, 4.69) is 10.3 Å². The number of carboxylic acid groups (broad SMARTS) is 1. The quantitative estimate of drug-likeness (QED) is 0.821. The minimum atomic E-state index is -1.10. The number of carbonyl (C=O) groups is 2. The fourth-order valence-corrected chi connectivity index (χ4v) is 1.32. The molecule has 92 valence electrons. The van der Waals surface area contributed by atoms with Crippen molar-refractivity contribution in [2.24, 2.45) is 5.92 Å². The second-order valence-electron chi connectivity index (χ2n) is 3.97. The predicted molar refractivity (Wildman–Crippen MR) is 63.9 cm³/mol. The van der Waals surface area contributed by atoms with Crippen LogP contribution in [0.5, 0.6) is 0 Å². The lowest BCUT2D eigenvalue weighted by atomic mass is 10.1. The summed E-state index contributed by atoms with van der Waals surface area (Å²) in [6, 6.07) is 2.93. The van der Waals surface area contributed by atoms with Crippen molar-refractivity contribution in [2.45, 2.75) is 26.7 Å². The first-order valence-electron chi connectivity index (χ1n) is 5.52. The van der Waals surface area contributed by atoms with Crippen molar-refractivity contribution < 1.29 is 14.7 Å². The molecule has 0 aliphatic rings. The molecule has 1 rings (SSSR count). The van der Waals surface area contributed by atoms with Gasteiger partial charge >= 0.3 is 5.97 Å². The third kappa shape index (κ3) is 3.86. The zero-order chi connectivity index (χ0) is 12.8. The molecule has 0 spiro atoms. The van der Waals surface area contributed by atoms with Gasteiger partial charge in [-0.25, -0.2) is 9.78 Å². The summed E-state index contributed by atoms with van der Waals surface area (Å²) in [5.74, 6) is -0.933. The first-order chi connectivity index (χ1) is 8.04. The molecule has 1 atom stereocenters. The third-order valence-corrected chi connectivity index (χ3v) is 2.53. The van der Waals surface area contributed by atoms with Crippen molar-refractivity contribution in [3.8, 4) is 0 Å². The number of hydrogen-bond donors (Lipinski definition) is 2. The molecular formula is C12H16N2O3. The maximum Gasteiger partial charge on any atom is 0.339 e. The number of nitrogens with zero attached hydrogens (tertiary/aromatic N) is 1. The highest BCUT2D eigenvalue weighted by atomic mass is 16.4. The number of carboxylic acids is 1. The number of anilines is 1. The molecule has 0 aliphatic heterocycles. The van der Waals surface area contributed by atoms with Crippen LogP contribution in [0.4, 0.5) is 5.82 Å². The summed E-state index contributed by atoms with van der Waals surface area (Å²) in [6.45, 7) is 3.97. The van der Waals surface area contributed by atoms with Crippen LogP contribution in [0.25, 0.3) is 0 Å². The maximum atomic E-state index is 11.6. The molecule has 0 saturated heterocycles. The first-order valence-corrected chi connectivity index (χ1v) is 5.52. The van der Waals surface area contributed by atoms with Gasteiger partial charge in [-0.15, -0.1) is 0 Å². The molecule has 5 nitrogen and oxygen atoms in total. The van der Waals surface area contributed by atoms with E-state index in [1.54, 1.807) is 0 Å². The molecule has 1 amide bonds. The lowest BCUT2D eigenvalue weighted by Crippen LogP contribution is -2.17. The van der Waals surface area contributed by atoms with E-state index in [4.69, 9.17) is 5.11 Å². The van der Waals surface area contributed by atoms with Gasteiger partial charge in [0.2, 0.25) is 5.91 Å². The summed E-state index contributed by atoms with van der Waals surface area (Å²) < 4.78 is 0. The van der Waals surface area contributed by atoms with Crippen LogP contribution in [0.15, 0.2) is 18.3 Å². The van der Waals surface area contributed by atoms with Gasteiger partial charge in [-0.1, -0.05) is 20.3 Å². The zero-order valence-electron chi connectivity index (χ0n) is 9.93. The normalized spacial score (nSPS) is 11.9. The Labute approximate surface area is 99.9 Å². The number of carbonyl (C=O) groups excluding carboxylic acids is 1. The van der Waals surface area contributed by atoms with Crippen molar-refractivity contribution >= 4 is 17.7 Å². The predicted octanol–water partition coefficient (Wildman–Crippen LogP) is 2.15. The van der Waals surface area contributed by atoms with Crippen molar-refractivity contribution in [1.29, 1.82) is 0 Å². The average molecular weight is 236 g/mol. The lowest BCUT2D eigenvalue weighted by Gasteiger charge is -2.09. The number of nitrogens with one attached hydrogen (secondary N) is 1. The molecule has 1 aromatic heterocycles. The molecule has 0 saturated carbocycles. The van der Waals surface area contributed by atoms with E-state index in [1.165, 1.54) is 18.3 Å². The van der Waals surface area contributed by atoms with Gasteiger partial charge < -0.3 is 10.4 Å². The van der Waals surface area contributed by atoms with E-state index in [0.717, 1.165) is 6.42 Å². The summed E-state index contributed by atoms with van der Waals surface area (Å²) >= 11 is 0. The molecule has 1 aromatic rings. The number of rotatable bonds is 5. The van der Waals surface area contributed by atoms with E-state index in [-0.39, 0.29) is 23.2 Å². The Hall–Kier alpha value is -1.91. The second kappa shape index (κ2) is 5.98. The molecule has 0 radical (unpaired) electrons. The molecule has 17 heavy (non-hydrogen) atoms. The highest BCUT2D eigenvalue weighted by molar-refractivity contribution is 5.99. The van der Waals surface area contributed by atoms with Crippen LogP contribution in [0.3, 0.4) is 0 Å². The highest BCUT2D eigenvalue weighted by Crippen LogP contribution is 2.13. The van der Waals surface area contributed by atoms with Gasteiger partial charge in [0.05, 0.1) is 0 Å². The van der Waals surface area contributed by atoms with Crippen molar-refractivity contribution in [3.05, 3.63) is 23.9 Å². The third-order valence-electron chi connectivity index (χ3n) is 2.53. The Morgan fingerprint density at radius 1 is 1.53 bits per heavy atom. The monoisotopic (exact) mass is 236 g/mol. The van der Waals surface area contributed by atoms with Crippen LogP contribution >= 0.6 is 0 Å². The van der Waals surface area contributed by atoms with Crippen LogP contribution in [-0.4, -0.2) is 22.0 Å². The van der Waals surface area contributed by atoms with Crippen LogP contribution in [0, 0.1) is 5.92 Å². The molecular weight excluding hydrogens is 220 g/mol. The standard InChI is InChI=1S/C12H16N2O3/c1-3-8(2)7-10(15)14-11-9(12(16)17)5-4-6-13-11/h4-6,8H,3,7H2,1-2H3,(H,16,17)(H,13,14,15). The van der Waals surface area contributed by atoms with E-state index in [9.17, 15) is 9.59 Å². The zero-order valence-corrected chi connectivity index (χ0v) is 9.93. The minimum Gasteiger partial charge on any atom is -0.478 e. The molecule has 5 heteroatoms. The molecule has 0 bridgehead atoms. The average Bonchev–Trinajstić information content (AvgIpc) is 2.29. The lowest BCUT2D eigenvalue weighted by molar-refractivity contribution is -0.117. The Bertz CT molecular complexity index is 418. The number of hydrogen-bond acceptors (Lipinski definition) is 3. The molecule has 0 fully saturated rings. The fraction of sp³-hybridized carbons (Fsp3) is 0.417. The molecule has 0 aliphatic carbocycles. The maximum absolute atomic E-state index is 11.6. The smallest absolute Gasteiger partial charge is 0.339 e. The first kappa shape index (κ1) is 13.2. The minimum absolute atomic E-state index is 0.00463. The van der Waals surface area contributed by atoms with Crippen LogP contribution in [0.2, 0.25) is 0 Å². The Morgan fingerprint density at radius 2 is 2.24 bits per heavy atom. The Morgan fingerprint density at radius 3 is 2.82 bits per heavy atom. The van der Waals surface area contributed by atoms with Crippen molar-refractivity contribution in [3.63, 3.8) is 0 Å². The number of aromatic nitrogens is 1. The van der Waals surface area contributed by atoms with Gasteiger partial charge in [-0.05, 0) is 18.1 Å². The summed E-state index contributed by atoms with van der Waals surface area (Å²) in [6.07, 6.45) is 2.72. The summed E-state index contributed by atoms with van der Waals surface area (Å²) in [5.41, 5.74) is 0.00463. The van der Waals surface area contributed by atoms with Crippen LogP contribution in [0.1, 0.15) is 37.0 Å². The van der Waals surface area contributed by atoms with Gasteiger partial charge in [0.15, 0.2) is 0 Å². The van der Waals surface area contributed by atoms with E-state index in [1.807, 2.05) is 13.8 Å². The SMILES string of the molecule is CCC(C)CC(=O)Nc1ncccc1C(=O)O. The number of aromatic carboxylic acids is 1. The van der Waals surface area contributed by atoms with Crippen molar-refractivity contribution in [2.75, 3.05) is 5.32 Å². The summed E-state index contributed by atoms with van der Waals surface area (Å²) in [7, 11) is 0. The van der Waals surface area contributed by atoms with Gasteiger partial charge in [-0.3, -0.25) is 4.79 Å². The van der Waals surface area contributed by atoms with E-state index < -0.39 is 5.97 Å². The van der Waals surface area contributed by atoms with Crippen molar-refractivity contribution in [1.82, 2.24) is 4.98 Å². The van der Waals surface area contributed by atoms with Crippen LogP contribution < -0.4 is 5.32 Å². The fourth-order valence-electron chi connectivity index (χ4n) is 1.32. The molecule has 2 N–H and O–H groups in total. The Balaban J connectivity index is 2.74. The highest BCUT2D eigenvalue weighted by Gasteiger charge is 2.14. The van der Waals surface area contributed by atoms with E-state index in [0.29, 0.717) is 6.42 Å². The summed E-state index contributed by atoms with van der Waals surface area (Å²) in [5, 5.41) is 11.4. The number of amides is 1. The largest absolute Gasteiger partial charge is 0.478 e. The van der Waals surface area contributed by atoms with E-state index >= 15 is 0 Å². The topological polar surface area (TPSA) is 79.3 Å². The summed E-state index contributed by atoms with van der Waals surface area (Å²) in [4.78, 5) is 26.4. The molecule has 1 heterocycles. The molecule has 0 aromatic carbocycles. The molecule has 1 unspecified atom stereocenters. The van der Waals surface area contributed by atoms with Gasteiger partial charge in [0.25, 0.3) is 0 Å². The van der Waals surface area contributed by atoms with Crippen LogP contribution in [-0.2, 0) is 4.79 Å². The van der Waals surface area contributed by atoms with Gasteiger partial charge in [0.1, 0.15) is 11.4 Å². The number of pyridine rings is 1. The Kier molecular flexibility index (Phi) is 4.63. The van der Waals surface area contributed by atoms with Gasteiger partial charge in [-0.2, -0.15) is 0 Å². The second-order valence-corrected chi connectivity index (χ2v) is 3.97. The van der Waals surface area contributed by atoms with Gasteiger partial charge in [0, 0.05) is 12.6 Å².